The van der Waals surface area contributed by atoms with Crippen LogP contribution in [0.2, 0.25) is 0 Å². The summed E-state index contributed by atoms with van der Waals surface area (Å²) in [6.07, 6.45) is 5.03. The van der Waals surface area contributed by atoms with Gasteiger partial charge < -0.3 is 24.7 Å². The molecule has 0 saturated carbocycles. The molecule has 1 atom stereocenters. The SMILES string of the molecule is O=C(CN(Cc1ccco1)C(=O)CCC(=O)Nc1nccs1)NC[C@@H]1CCCO1. The zero-order valence-electron chi connectivity index (χ0n) is 16.0. The van der Waals surface area contributed by atoms with Gasteiger partial charge in [0.15, 0.2) is 5.13 Å². The molecule has 3 rings (SSSR count). The summed E-state index contributed by atoms with van der Waals surface area (Å²) in [5, 5.41) is 7.69. The number of carbonyl (C=O) groups is 3. The van der Waals surface area contributed by atoms with E-state index in [1.54, 1.807) is 23.7 Å². The van der Waals surface area contributed by atoms with E-state index in [4.69, 9.17) is 9.15 Å². The molecule has 0 spiro atoms. The lowest BCUT2D eigenvalue weighted by Crippen LogP contribution is -2.42. The Morgan fingerprint density at radius 1 is 1.28 bits per heavy atom. The number of thiazole rings is 1. The zero-order chi connectivity index (χ0) is 20.5. The number of rotatable bonds is 10. The van der Waals surface area contributed by atoms with Crippen LogP contribution in [-0.4, -0.2) is 53.4 Å². The van der Waals surface area contributed by atoms with E-state index in [0.29, 0.717) is 24.0 Å². The summed E-state index contributed by atoms with van der Waals surface area (Å²) in [6, 6.07) is 3.46. The topological polar surface area (TPSA) is 114 Å². The number of ether oxygens (including phenoxy) is 1. The van der Waals surface area contributed by atoms with Crippen LogP contribution in [0, 0.1) is 0 Å². The Labute approximate surface area is 172 Å². The van der Waals surface area contributed by atoms with Crippen LogP contribution in [0.3, 0.4) is 0 Å². The number of hydrogen-bond donors (Lipinski definition) is 2. The summed E-state index contributed by atoms with van der Waals surface area (Å²) < 4.78 is 10.8. The first-order valence-corrected chi connectivity index (χ1v) is 10.4. The largest absolute Gasteiger partial charge is 0.467 e. The van der Waals surface area contributed by atoms with E-state index in [1.807, 2.05) is 0 Å². The third kappa shape index (κ3) is 6.99. The average molecular weight is 420 g/mol. The molecule has 2 N–H and O–H groups in total. The van der Waals surface area contributed by atoms with Crippen LogP contribution >= 0.6 is 11.3 Å². The Kier molecular flexibility index (Phi) is 7.77. The van der Waals surface area contributed by atoms with Crippen molar-refractivity contribution in [2.75, 3.05) is 25.0 Å². The Balaban J connectivity index is 1.50. The van der Waals surface area contributed by atoms with Gasteiger partial charge in [-0.05, 0) is 25.0 Å². The molecule has 2 aromatic heterocycles. The first-order chi connectivity index (χ1) is 14.1. The maximum Gasteiger partial charge on any atom is 0.239 e. The summed E-state index contributed by atoms with van der Waals surface area (Å²) in [4.78, 5) is 42.3. The second kappa shape index (κ2) is 10.7. The molecule has 9 nitrogen and oxygen atoms in total. The van der Waals surface area contributed by atoms with Crippen molar-refractivity contribution in [1.82, 2.24) is 15.2 Å². The fourth-order valence-corrected chi connectivity index (χ4v) is 3.48. The molecule has 0 radical (unpaired) electrons. The van der Waals surface area contributed by atoms with Gasteiger partial charge >= 0.3 is 0 Å². The van der Waals surface area contributed by atoms with Gasteiger partial charge in [0.2, 0.25) is 17.7 Å². The smallest absolute Gasteiger partial charge is 0.239 e. The minimum Gasteiger partial charge on any atom is -0.467 e. The molecule has 0 bridgehead atoms. The van der Waals surface area contributed by atoms with E-state index in [9.17, 15) is 14.4 Å². The molecule has 29 heavy (non-hydrogen) atoms. The fraction of sp³-hybridized carbons (Fsp3) is 0.474. The molecule has 156 valence electrons. The fourth-order valence-electron chi connectivity index (χ4n) is 2.93. The summed E-state index contributed by atoms with van der Waals surface area (Å²) in [7, 11) is 0. The van der Waals surface area contributed by atoms with Gasteiger partial charge in [0, 0.05) is 37.6 Å². The highest BCUT2D eigenvalue weighted by Crippen LogP contribution is 2.13. The van der Waals surface area contributed by atoms with Gasteiger partial charge in [0.25, 0.3) is 0 Å². The Hall–Kier alpha value is -2.72. The van der Waals surface area contributed by atoms with E-state index in [-0.39, 0.29) is 49.8 Å². The Morgan fingerprint density at radius 2 is 2.17 bits per heavy atom. The number of hydrogen-bond acceptors (Lipinski definition) is 7. The van der Waals surface area contributed by atoms with E-state index in [2.05, 4.69) is 15.6 Å². The molecule has 0 aromatic carbocycles. The van der Waals surface area contributed by atoms with E-state index in [0.717, 1.165) is 12.8 Å². The zero-order valence-corrected chi connectivity index (χ0v) is 16.8. The second-order valence-corrected chi connectivity index (χ2v) is 7.55. The van der Waals surface area contributed by atoms with Crippen LogP contribution in [0.15, 0.2) is 34.4 Å². The van der Waals surface area contributed by atoms with Crippen molar-refractivity contribution in [1.29, 1.82) is 0 Å². The van der Waals surface area contributed by atoms with Gasteiger partial charge in [0.1, 0.15) is 5.76 Å². The predicted molar refractivity (Wildman–Crippen MR) is 106 cm³/mol. The molecule has 1 aliphatic heterocycles. The van der Waals surface area contributed by atoms with Crippen molar-refractivity contribution in [3.05, 3.63) is 35.7 Å². The number of aromatic nitrogens is 1. The first kappa shape index (κ1) is 21.0. The molecule has 1 aliphatic rings. The number of nitrogens with zero attached hydrogens (tertiary/aromatic N) is 2. The molecule has 0 unspecified atom stereocenters. The van der Waals surface area contributed by atoms with Crippen molar-refractivity contribution in [3.8, 4) is 0 Å². The monoisotopic (exact) mass is 420 g/mol. The molecule has 3 amide bonds. The lowest BCUT2D eigenvalue weighted by molar-refractivity contribution is -0.137. The van der Waals surface area contributed by atoms with E-state index >= 15 is 0 Å². The molecule has 0 aliphatic carbocycles. The summed E-state index contributed by atoms with van der Waals surface area (Å²) in [5.41, 5.74) is 0. The number of amides is 3. The van der Waals surface area contributed by atoms with Crippen molar-refractivity contribution in [2.24, 2.45) is 0 Å². The highest BCUT2D eigenvalue weighted by molar-refractivity contribution is 7.13. The van der Waals surface area contributed by atoms with Gasteiger partial charge in [0.05, 0.1) is 25.5 Å². The summed E-state index contributed by atoms with van der Waals surface area (Å²) >= 11 is 1.30. The quantitative estimate of drug-likeness (QED) is 0.606. The lowest BCUT2D eigenvalue weighted by atomic mass is 10.2. The third-order valence-corrected chi connectivity index (χ3v) is 5.10. The Bertz CT molecular complexity index is 788. The maximum atomic E-state index is 12.7. The third-order valence-electron chi connectivity index (χ3n) is 4.41. The van der Waals surface area contributed by atoms with Gasteiger partial charge in [-0.2, -0.15) is 0 Å². The second-order valence-electron chi connectivity index (χ2n) is 6.65. The Morgan fingerprint density at radius 3 is 2.86 bits per heavy atom. The van der Waals surface area contributed by atoms with Gasteiger partial charge in [-0.1, -0.05) is 0 Å². The van der Waals surface area contributed by atoms with Gasteiger partial charge in [-0.3, -0.25) is 14.4 Å². The normalized spacial score (nSPS) is 15.8. The molecule has 2 aromatic rings. The van der Waals surface area contributed by atoms with Crippen LogP contribution in [-0.2, 0) is 25.7 Å². The van der Waals surface area contributed by atoms with E-state index in [1.165, 1.54) is 22.5 Å². The van der Waals surface area contributed by atoms with Crippen molar-refractivity contribution in [2.45, 2.75) is 38.3 Å². The molecule has 1 saturated heterocycles. The van der Waals surface area contributed by atoms with Crippen molar-refractivity contribution in [3.63, 3.8) is 0 Å². The number of nitrogens with one attached hydrogen (secondary N) is 2. The molecule has 10 heteroatoms. The van der Waals surface area contributed by atoms with Gasteiger partial charge in [-0.15, -0.1) is 11.3 Å². The first-order valence-electron chi connectivity index (χ1n) is 9.48. The van der Waals surface area contributed by atoms with E-state index < -0.39 is 0 Å². The molecule has 3 heterocycles. The van der Waals surface area contributed by atoms with Crippen LogP contribution in [0.1, 0.15) is 31.4 Å². The number of carbonyl (C=O) groups excluding carboxylic acids is 3. The highest BCUT2D eigenvalue weighted by Gasteiger charge is 2.21. The molecule has 1 fully saturated rings. The van der Waals surface area contributed by atoms with Crippen LogP contribution in [0.5, 0.6) is 0 Å². The molecular weight excluding hydrogens is 396 g/mol. The standard InChI is InChI=1S/C19H24N4O5S/c24-16(22-19-20-7-10-29-19)5-6-18(26)23(12-15-4-2-9-28-15)13-17(25)21-11-14-3-1-8-27-14/h2,4,7,9-10,14H,1,3,5-6,8,11-13H2,(H,21,25)(H,20,22,24)/t14-/m0/s1. The number of furan rings is 1. The maximum absolute atomic E-state index is 12.7. The minimum absolute atomic E-state index is 0.00456. The number of anilines is 1. The predicted octanol–water partition coefficient (Wildman–Crippen LogP) is 1.78. The van der Waals surface area contributed by atoms with Crippen LogP contribution in [0.4, 0.5) is 5.13 Å². The van der Waals surface area contributed by atoms with Gasteiger partial charge in [-0.25, -0.2) is 4.98 Å². The average Bonchev–Trinajstić information content (AvgIpc) is 3.47. The summed E-state index contributed by atoms with van der Waals surface area (Å²) in [5.74, 6) is -0.304. The molecular formula is C19H24N4O5S. The van der Waals surface area contributed by atoms with Crippen LogP contribution in [0.25, 0.3) is 0 Å². The highest BCUT2D eigenvalue weighted by atomic mass is 32.1. The minimum atomic E-state index is -0.303. The van der Waals surface area contributed by atoms with Crippen LogP contribution < -0.4 is 10.6 Å². The lowest BCUT2D eigenvalue weighted by Gasteiger charge is -2.21. The van der Waals surface area contributed by atoms with Crippen molar-refractivity contribution < 1.29 is 23.5 Å². The van der Waals surface area contributed by atoms with Crippen molar-refractivity contribution >= 4 is 34.2 Å². The summed E-state index contributed by atoms with van der Waals surface area (Å²) in [6.45, 7) is 1.19.